The van der Waals surface area contributed by atoms with E-state index in [1.807, 2.05) is 30.3 Å². The number of thioether (sulfide) groups is 1. The number of para-hydroxylation sites is 1. The SMILES string of the molecule is CCN1C(=O)C(=C/C=C/C=C2\Sc3ccccc3N2CCCN(CCCS(=O)(=O)O)C(=O)CCl)C(=O)N(CC)C1=S. The van der Waals surface area contributed by atoms with Crippen molar-refractivity contribution in [3.8, 4) is 0 Å². The van der Waals surface area contributed by atoms with E-state index >= 15 is 0 Å². The van der Waals surface area contributed by atoms with Crippen LogP contribution < -0.4 is 4.90 Å². The molecule has 1 fully saturated rings. The molecule has 0 bridgehead atoms. The Kier molecular flexibility index (Phi) is 12.0. The van der Waals surface area contributed by atoms with Crippen molar-refractivity contribution >= 4 is 74.2 Å². The van der Waals surface area contributed by atoms with E-state index in [2.05, 4.69) is 4.90 Å². The molecule has 2 heterocycles. The van der Waals surface area contributed by atoms with Gasteiger partial charge in [-0.05, 0) is 63.2 Å². The smallest absolute Gasteiger partial charge is 0.265 e. The molecule has 3 amide bonds. The lowest BCUT2D eigenvalue weighted by atomic mass is 10.1. The summed E-state index contributed by atoms with van der Waals surface area (Å²) < 4.78 is 31.1. The average Bonchev–Trinajstić information content (AvgIpc) is 3.28. The molecule has 2 aliphatic heterocycles. The highest BCUT2D eigenvalue weighted by Crippen LogP contribution is 2.45. The maximum absolute atomic E-state index is 12.8. The second-order valence-corrected chi connectivity index (χ2v) is 12.3. The van der Waals surface area contributed by atoms with Crippen LogP contribution in [-0.2, 0) is 24.5 Å². The summed E-state index contributed by atoms with van der Waals surface area (Å²) in [6.07, 6.45) is 7.52. The van der Waals surface area contributed by atoms with Gasteiger partial charge in [0.25, 0.3) is 21.9 Å². The molecule has 3 rings (SSSR count). The number of halogens is 1. The van der Waals surface area contributed by atoms with Gasteiger partial charge in [-0.25, -0.2) is 0 Å². The van der Waals surface area contributed by atoms with Crippen LogP contribution in [0.5, 0.6) is 0 Å². The van der Waals surface area contributed by atoms with Gasteiger partial charge in [-0.1, -0.05) is 36.0 Å². The largest absolute Gasteiger partial charge is 0.342 e. The molecule has 0 aliphatic carbocycles. The first kappa shape index (κ1) is 32.8. The van der Waals surface area contributed by atoms with Crippen LogP contribution in [-0.4, -0.2) is 94.9 Å². The Labute approximate surface area is 255 Å². The number of carbonyl (C=O) groups excluding carboxylic acids is 3. The zero-order valence-corrected chi connectivity index (χ0v) is 26.1. The molecule has 1 N–H and O–H groups in total. The van der Waals surface area contributed by atoms with Gasteiger partial charge in [0, 0.05) is 37.6 Å². The summed E-state index contributed by atoms with van der Waals surface area (Å²) in [5.41, 5.74) is 1.06. The van der Waals surface area contributed by atoms with Crippen molar-refractivity contribution in [3.63, 3.8) is 0 Å². The molecule has 0 saturated carbocycles. The van der Waals surface area contributed by atoms with Gasteiger partial charge in [0.1, 0.15) is 11.5 Å². The molecular formula is C27H33ClN4O6S3. The first-order valence-electron chi connectivity index (χ1n) is 13.1. The third-order valence-electron chi connectivity index (χ3n) is 6.40. The number of carbonyl (C=O) groups is 3. The normalized spacial score (nSPS) is 16.8. The van der Waals surface area contributed by atoms with Crippen LogP contribution in [0.2, 0.25) is 0 Å². The fraction of sp³-hybridized carbons (Fsp3) is 0.407. The van der Waals surface area contributed by atoms with Gasteiger partial charge in [0.15, 0.2) is 5.11 Å². The Balaban J connectivity index is 1.73. The third kappa shape index (κ3) is 8.41. The molecule has 0 radical (unpaired) electrons. The number of amides is 3. The summed E-state index contributed by atoms with van der Waals surface area (Å²) >= 11 is 12.6. The first-order chi connectivity index (χ1) is 19.5. The average molecular weight is 641 g/mol. The minimum atomic E-state index is -4.11. The van der Waals surface area contributed by atoms with E-state index < -0.39 is 27.7 Å². The highest BCUT2D eigenvalue weighted by molar-refractivity contribution is 8.03. The number of hydrogen-bond acceptors (Lipinski definition) is 8. The van der Waals surface area contributed by atoms with Gasteiger partial charge in [-0.3, -0.25) is 28.7 Å². The molecule has 41 heavy (non-hydrogen) atoms. The molecule has 14 heteroatoms. The molecule has 2 aliphatic rings. The highest BCUT2D eigenvalue weighted by Gasteiger charge is 2.37. The Morgan fingerprint density at radius 2 is 1.63 bits per heavy atom. The van der Waals surface area contributed by atoms with Crippen molar-refractivity contribution in [1.29, 1.82) is 0 Å². The van der Waals surface area contributed by atoms with Crippen molar-refractivity contribution in [3.05, 3.63) is 59.2 Å². The third-order valence-corrected chi connectivity index (χ3v) is 9.01. The van der Waals surface area contributed by atoms with Gasteiger partial charge >= 0.3 is 0 Å². The van der Waals surface area contributed by atoms with Crippen LogP contribution in [0.15, 0.2) is 64.1 Å². The Hall–Kier alpha value is -2.71. The Morgan fingerprint density at radius 3 is 2.24 bits per heavy atom. The zero-order valence-electron chi connectivity index (χ0n) is 22.9. The number of rotatable bonds is 13. The standard InChI is InChI=1S/C27H33ClN4O6S3/c1-3-30-25(34)20(26(35)31(4-2)27(30)39)11-5-8-14-24-32(21-12-6-7-13-22(21)40-24)17-9-15-29(23(33)19-28)16-10-18-41(36,37)38/h5-8,11-14H,3-4,9-10,15-19H2,1-2H3,(H,36,37,38)/b8-5+,24-14-. The minimum absolute atomic E-state index is 0.0502. The summed E-state index contributed by atoms with van der Waals surface area (Å²) in [7, 11) is -4.11. The van der Waals surface area contributed by atoms with Crippen LogP contribution in [0, 0.1) is 0 Å². The van der Waals surface area contributed by atoms with E-state index in [9.17, 15) is 22.8 Å². The monoisotopic (exact) mass is 640 g/mol. The van der Waals surface area contributed by atoms with Crippen LogP contribution in [0.3, 0.4) is 0 Å². The molecule has 0 atom stereocenters. The maximum atomic E-state index is 12.8. The predicted molar refractivity (Wildman–Crippen MR) is 165 cm³/mol. The van der Waals surface area contributed by atoms with Crippen LogP contribution >= 0.6 is 35.6 Å². The highest BCUT2D eigenvalue weighted by atomic mass is 35.5. The van der Waals surface area contributed by atoms with Crippen molar-refractivity contribution < 1.29 is 27.4 Å². The number of benzene rings is 1. The van der Waals surface area contributed by atoms with Crippen LogP contribution in [0.1, 0.15) is 26.7 Å². The van der Waals surface area contributed by atoms with Gasteiger partial charge in [-0.2, -0.15) is 8.42 Å². The molecule has 222 valence electrons. The quantitative estimate of drug-likeness (QED) is 0.113. The lowest BCUT2D eigenvalue weighted by Gasteiger charge is -2.35. The molecule has 1 aromatic carbocycles. The number of allylic oxidation sites excluding steroid dienone is 4. The number of fused-ring (bicyclic) bond motifs is 1. The first-order valence-corrected chi connectivity index (χ1v) is 16.5. The fourth-order valence-corrected chi connectivity index (χ4v) is 6.59. The van der Waals surface area contributed by atoms with E-state index in [1.165, 1.54) is 20.8 Å². The van der Waals surface area contributed by atoms with E-state index in [1.54, 1.807) is 37.8 Å². The van der Waals surface area contributed by atoms with E-state index in [-0.39, 0.29) is 35.4 Å². The van der Waals surface area contributed by atoms with Gasteiger partial charge < -0.3 is 9.80 Å². The number of hydrogen-bond donors (Lipinski definition) is 1. The zero-order chi connectivity index (χ0) is 30.2. The fourth-order valence-electron chi connectivity index (χ4n) is 4.40. The second kappa shape index (κ2) is 15.0. The molecule has 1 aromatic rings. The molecule has 1 saturated heterocycles. The topological polar surface area (TPSA) is 119 Å². The molecule has 0 aromatic heterocycles. The number of alkyl halides is 1. The summed E-state index contributed by atoms with van der Waals surface area (Å²) in [4.78, 5) is 45.4. The molecule has 0 unspecified atom stereocenters. The van der Waals surface area contributed by atoms with Crippen LogP contribution in [0.25, 0.3) is 0 Å². The molecule has 10 nitrogen and oxygen atoms in total. The predicted octanol–water partition coefficient (Wildman–Crippen LogP) is 3.65. The van der Waals surface area contributed by atoms with Crippen molar-refractivity contribution in [2.75, 3.05) is 49.3 Å². The van der Waals surface area contributed by atoms with Gasteiger partial charge in [0.2, 0.25) is 5.91 Å². The number of nitrogens with zero attached hydrogens (tertiary/aromatic N) is 4. The summed E-state index contributed by atoms with van der Waals surface area (Å²) in [6.45, 7) is 5.45. The number of anilines is 1. The Morgan fingerprint density at radius 1 is 1.02 bits per heavy atom. The van der Waals surface area contributed by atoms with Gasteiger partial charge in [-0.15, -0.1) is 11.6 Å². The van der Waals surface area contributed by atoms with Crippen LogP contribution in [0.4, 0.5) is 5.69 Å². The van der Waals surface area contributed by atoms with E-state index in [0.717, 1.165) is 15.6 Å². The second-order valence-electron chi connectivity index (χ2n) is 9.08. The van der Waals surface area contributed by atoms with E-state index in [0.29, 0.717) is 32.6 Å². The lowest BCUT2D eigenvalue weighted by Crippen LogP contribution is -2.55. The van der Waals surface area contributed by atoms with Gasteiger partial charge in [0.05, 0.1) is 16.5 Å². The summed E-state index contributed by atoms with van der Waals surface area (Å²) in [6, 6.07) is 7.91. The number of likely N-dealkylation sites (N-methyl/N-ethyl adjacent to an activating group) is 2. The maximum Gasteiger partial charge on any atom is 0.265 e. The molecule has 0 spiro atoms. The summed E-state index contributed by atoms with van der Waals surface area (Å²) in [5.74, 6) is -1.78. The van der Waals surface area contributed by atoms with Crippen molar-refractivity contribution in [1.82, 2.24) is 14.7 Å². The van der Waals surface area contributed by atoms with Crippen molar-refractivity contribution in [2.24, 2.45) is 0 Å². The Bertz CT molecular complexity index is 1350. The van der Waals surface area contributed by atoms with E-state index in [4.69, 9.17) is 28.4 Å². The number of thiocarbonyl (C=S) groups is 1. The molecular weight excluding hydrogens is 608 g/mol. The summed E-state index contributed by atoms with van der Waals surface area (Å²) in [5, 5.41) is 1.14. The lowest BCUT2D eigenvalue weighted by molar-refractivity contribution is -0.133. The minimum Gasteiger partial charge on any atom is -0.342 e. The van der Waals surface area contributed by atoms with Crippen molar-refractivity contribution in [2.45, 2.75) is 31.6 Å².